The van der Waals surface area contributed by atoms with Crippen molar-refractivity contribution in [1.82, 2.24) is 0 Å². The Morgan fingerprint density at radius 2 is 0.495 bits per heavy atom. The Kier molecular flexibility index (Phi) is 13.5. The molecule has 4 aliphatic heterocycles. The van der Waals surface area contributed by atoms with Gasteiger partial charge >= 0.3 is 0 Å². The molecule has 4 nitrogen and oxygen atoms in total. The molecule has 91 heavy (non-hydrogen) atoms. The minimum atomic E-state index is 0.0236. The molecule has 14 aromatic carbocycles. The van der Waals surface area contributed by atoms with E-state index in [0.29, 0.717) is 0 Å². The molecular weight excluding hydrogens is 1100 g/mol. The van der Waals surface area contributed by atoms with Gasteiger partial charge in [-0.05, 0) is 169 Å². The lowest BCUT2D eigenvalue weighted by atomic mass is 9.33. The second-order valence-corrected chi connectivity index (χ2v) is 23.9. The van der Waals surface area contributed by atoms with Crippen molar-refractivity contribution >= 4 is 114 Å². The molecule has 18 rings (SSSR count). The number of anilines is 12. The molecule has 0 bridgehead atoms. The van der Waals surface area contributed by atoms with Crippen molar-refractivity contribution in [1.29, 1.82) is 0 Å². The summed E-state index contributed by atoms with van der Waals surface area (Å²) < 4.78 is 0. The summed E-state index contributed by atoms with van der Waals surface area (Å²) in [6, 6.07) is 130. The Balaban J connectivity index is 0.000000162. The van der Waals surface area contributed by atoms with Crippen LogP contribution >= 0.6 is 0 Å². The van der Waals surface area contributed by atoms with Gasteiger partial charge in [-0.3, -0.25) is 0 Å². The van der Waals surface area contributed by atoms with Gasteiger partial charge in [0, 0.05) is 74.2 Å². The molecule has 0 fully saturated rings. The van der Waals surface area contributed by atoms with Gasteiger partial charge in [-0.25, -0.2) is 0 Å². The van der Waals surface area contributed by atoms with E-state index in [4.69, 9.17) is 0 Å². The molecule has 4 aliphatic rings. The summed E-state index contributed by atoms with van der Waals surface area (Å²) in [6.45, 7) is 0.221. The van der Waals surface area contributed by atoms with Crippen molar-refractivity contribution in [3.63, 3.8) is 0 Å². The van der Waals surface area contributed by atoms with Crippen molar-refractivity contribution in [2.24, 2.45) is 0 Å². The lowest BCUT2D eigenvalue weighted by molar-refractivity contribution is 0.977. The molecule has 0 spiro atoms. The van der Waals surface area contributed by atoms with Crippen molar-refractivity contribution < 1.29 is 0 Å². The van der Waals surface area contributed by atoms with Crippen molar-refractivity contribution in [2.75, 3.05) is 19.6 Å². The topological polar surface area (TPSA) is 13.0 Å². The SMILES string of the molecule is c1ccc(-c2cccc(N3c4cc(-c5ccccc5)ccc4B4c5ccc(C(c6ccccc6)c6ccccc6)cc5N(c5ccccc5)c5cccc3c54)c2)cc1.c1ccc(N2c3ccccc3B3c4ccccc4N(c4ccccc4)c4cccc2c43)cc1. The second-order valence-electron chi connectivity index (χ2n) is 23.9. The summed E-state index contributed by atoms with van der Waals surface area (Å²) in [6.07, 6.45) is 0. The number of hydrogen-bond donors (Lipinski definition) is 0. The number of hydrogen-bond acceptors (Lipinski definition) is 4. The minimum Gasteiger partial charge on any atom is -0.311 e. The molecule has 0 N–H and O–H groups in total. The summed E-state index contributed by atoms with van der Waals surface area (Å²) >= 11 is 0. The van der Waals surface area contributed by atoms with Gasteiger partial charge in [0.25, 0.3) is 13.4 Å². The first-order valence-corrected chi connectivity index (χ1v) is 31.6. The molecule has 0 amide bonds. The average Bonchev–Trinajstić information content (AvgIpc) is 0.714. The number of para-hydroxylation sites is 5. The summed E-state index contributed by atoms with van der Waals surface area (Å²) in [5, 5.41) is 0. The molecule has 0 unspecified atom stereocenters. The number of rotatable bonds is 9. The van der Waals surface area contributed by atoms with Crippen LogP contribution in [0, 0.1) is 0 Å². The van der Waals surface area contributed by atoms with Gasteiger partial charge in [0.1, 0.15) is 0 Å². The lowest BCUT2D eigenvalue weighted by Crippen LogP contribution is -2.61. The van der Waals surface area contributed by atoms with E-state index in [-0.39, 0.29) is 19.3 Å². The highest BCUT2D eigenvalue weighted by atomic mass is 15.2. The molecule has 0 atom stereocenters. The van der Waals surface area contributed by atoms with Gasteiger partial charge in [-0.15, -0.1) is 0 Å². The predicted octanol–water partition coefficient (Wildman–Crippen LogP) is 18.1. The van der Waals surface area contributed by atoms with Gasteiger partial charge in [0.15, 0.2) is 0 Å². The average molecular weight is 1160 g/mol. The Hall–Kier alpha value is -11.6. The molecule has 4 heterocycles. The van der Waals surface area contributed by atoms with Gasteiger partial charge in [0.2, 0.25) is 0 Å². The van der Waals surface area contributed by atoms with Crippen LogP contribution in [-0.4, -0.2) is 13.4 Å². The Morgan fingerprint density at radius 1 is 0.187 bits per heavy atom. The van der Waals surface area contributed by atoms with Crippen LogP contribution < -0.4 is 52.4 Å². The molecule has 6 heteroatoms. The van der Waals surface area contributed by atoms with Crippen molar-refractivity contribution in [2.45, 2.75) is 5.92 Å². The van der Waals surface area contributed by atoms with Crippen LogP contribution in [0.4, 0.5) is 68.2 Å². The zero-order chi connectivity index (χ0) is 60.2. The quantitative estimate of drug-likeness (QED) is 0.105. The highest BCUT2D eigenvalue weighted by Gasteiger charge is 2.45. The standard InChI is InChI=1S/C55H39BN2.C30H21BN2/c1-6-18-39(19-7-1)43-26-16-29-47(36-43)58-51-31-17-30-50-55(51)56(48-34-32-44(37-52(48)58)40-20-8-2-9-21-40)49-35-33-45(38-53(49)57(50)46-27-14-5-15-28-46)54(41-22-10-3-11-23-41)42-24-12-4-13-25-42;1-3-12-22(13-4-1)32-26-18-9-7-16-24(26)31-25-17-8-10-19-27(25)33(23-14-5-2-6-15-23)29-21-11-20-28(32)30(29)31/h1-38,54H;1-21H. The second kappa shape index (κ2) is 22.8. The fourth-order valence-corrected chi connectivity index (χ4v) is 14.9. The van der Waals surface area contributed by atoms with E-state index in [2.05, 4.69) is 378 Å². The smallest absolute Gasteiger partial charge is 0.252 e. The third-order valence-corrected chi connectivity index (χ3v) is 18.8. The molecule has 0 radical (unpaired) electrons. The maximum atomic E-state index is 2.51. The van der Waals surface area contributed by atoms with Crippen LogP contribution in [0.2, 0.25) is 0 Å². The summed E-state index contributed by atoms with van der Waals surface area (Å²) in [4.78, 5) is 9.85. The summed E-state index contributed by atoms with van der Waals surface area (Å²) in [7, 11) is 0. The number of nitrogens with zero attached hydrogens (tertiary/aromatic N) is 4. The molecular formula is C85H60B2N4. The Morgan fingerprint density at radius 3 is 0.956 bits per heavy atom. The van der Waals surface area contributed by atoms with Gasteiger partial charge in [-0.1, -0.05) is 261 Å². The fourth-order valence-electron chi connectivity index (χ4n) is 14.9. The van der Waals surface area contributed by atoms with E-state index < -0.39 is 0 Å². The molecule has 0 aliphatic carbocycles. The fraction of sp³-hybridized carbons (Fsp3) is 0.0118. The maximum Gasteiger partial charge on any atom is 0.252 e. The predicted molar refractivity (Wildman–Crippen MR) is 386 cm³/mol. The van der Waals surface area contributed by atoms with E-state index in [0.717, 1.165) is 11.4 Å². The van der Waals surface area contributed by atoms with Gasteiger partial charge < -0.3 is 19.6 Å². The van der Waals surface area contributed by atoms with Crippen LogP contribution in [0.25, 0.3) is 22.3 Å². The van der Waals surface area contributed by atoms with Crippen LogP contribution in [-0.2, 0) is 0 Å². The monoisotopic (exact) mass is 1160 g/mol. The first-order valence-electron chi connectivity index (χ1n) is 31.6. The normalized spacial score (nSPS) is 12.8. The van der Waals surface area contributed by atoms with E-state index in [1.54, 1.807) is 0 Å². The molecule has 0 aromatic heterocycles. The van der Waals surface area contributed by atoms with Crippen LogP contribution in [0.1, 0.15) is 22.6 Å². The first kappa shape index (κ1) is 53.6. The van der Waals surface area contributed by atoms with Crippen molar-refractivity contribution in [3.8, 4) is 22.3 Å². The highest BCUT2D eigenvalue weighted by Crippen LogP contribution is 2.48. The van der Waals surface area contributed by atoms with Crippen LogP contribution in [0.15, 0.2) is 358 Å². The third kappa shape index (κ3) is 9.25. The minimum absolute atomic E-state index is 0.0236. The Bertz CT molecular complexity index is 4830. The van der Waals surface area contributed by atoms with Crippen LogP contribution in [0.5, 0.6) is 0 Å². The van der Waals surface area contributed by atoms with Crippen molar-refractivity contribution in [3.05, 3.63) is 375 Å². The van der Waals surface area contributed by atoms with E-state index in [9.17, 15) is 0 Å². The number of benzene rings is 14. The molecule has 0 saturated heterocycles. The largest absolute Gasteiger partial charge is 0.311 e. The summed E-state index contributed by atoms with van der Waals surface area (Å²) in [5.41, 5.74) is 31.1. The van der Waals surface area contributed by atoms with E-state index in [1.165, 1.54) is 129 Å². The maximum absolute atomic E-state index is 2.51. The van der Waals surface area contributed by atoms with E-state index in [1.807, 2.05) is 0 Å². The first-order chi connectivity index (χ1) is 45.2. The zero-order valence-electron chi connectivity index (χ0n) is 50.1. The molecule has 14 aromatic rings. The zero-order valence-corrected chi connectivity index (χ0v) is 50.1. The van der Waals surface area contributed by atoms with E-state index >= 15 is 0 Å². The van der Waals surface area contributed by atoms with Crippen LogP contribution in [0.3, 0.4) is 0 Å². The molecule has 426 valence electrons. The summed E-state index contributed by atoms with van der Waals surface area (Å²) in [5.74, 6) is 0.0810. The third-order valence-electron chi connectivity index (χ3n) is 18.8. The lowest BCUT2D eigenvalue weighted by Gasteiger charge is -2.44. The van der Waals surface area contributed by atoms with Gasteiger partial charge in [-0.2, -0.15) is 0 Å². The Labute approximate surface area is 533 Å². The highest BCUT2D eigenvalue weighted by molar-refractivity contribution is 7.01. The van der Waals surface area contributed by atoms with Gasteiger partial charge in [0.05, 0.1) is 0 Å². The molecule has 0 saturated carbocycles. The number of fused-ring (bicyclic) bond motifs is 8.